The van der Waals surface area contributed by atoms with E-state index in [-0.39, 0.29) is 11.8 Å². The van der Waals surface area contributed by atoms with Crippen molar-refractivity contribution in [3.8, 4) is 0 Å². The van der Waals surface area contributed by atoms with Gasteiger partial charge in [-0.15, -0.1) is 0 Å². The molecule has 0 bridgehead atoms. The SMILES string of the molecule is Cc1cccc(C(=O)Nc2cccc(C3NC(=O)N(C)C3=O)c2)c1. The molecule has 2 aromatic rings. The lowest BCUT2D eigenvalue weighted by atomic mass is 10.1. The van der Waals surface area contributed by atoms with Gasteiger partial charge in [0, 0.05) is 18.3 Å². The molecule has 122 valence electrons. The summed E-state index contributed by atoms with van der Waals surface area (Å²) in [4.78, 5) is 37.0. The Morgan fingerprint density at radius 1 is 1.12 bits per heavy atom. The topological polar surface area (TPSA) is 78.5 Å². The fourth-order valence-corrected chi connectivity index (χ4v) is 2.59. The number of rotatable bonds is 3. The highest BCUT2D eigenvalue weighted by Crippen LogP contribution is 2.23. The van der Waals surface area contributed by atoms with Crippen molar-refractivity contribution in [3.05, 3.63) is 65.2 Å². The number of aryl methyl sites for hydroxylation is 1. The quantitative estimate of drug-likeness (QED) is 0.852. The molecule has 6 nitrogen and oxygen atoms in total. The van der Waals surface area contributed by atoms with Gasteiger partial charge in [-0.1, -0.05) is 29.8 Å². The summed E-state index contributed by atoms with van der Waals surface area (Å²) in [7, 11) is 1.43. The first kappa shape index (κ1) is 15.7. The number of benzene rings is 2. The lowest BCUT2D eigenvalue weighted by Gasteiger charge is -2.11. The Balaban J connectivity index is 1.80. The number of likely N-dealkylation sites (N-methyl/N-ethyl adjacent to an activating group) is 1. The van der Waals surface area contributed by atoms with Crippen LogP contribution in [-0.2, 0) is 4.79 Å². The van der Waals surface area contributed by atoms with Crippen molar-refractivity contribution in [2.75, 3.05) is 12.4 Å². The molecule has 2 aromatic carbocycles. The monoisotopic (exact) mass is 323 g/mol. The number of hydrogen-bond donors (Lipinski definition) is 2. The summed E-state index contributed by atoms with van der Waals surface area (Å²) < 4.78 is 0. The second-order valence-corrected chi connectivity index (χ2v) is 5.73. The van der Waals surface area contributed by atoms with E-state index in [1.54, 1.807) is 36.4 Å². The molecule has 24 heavy (non-hydrogen) atoms. The van der Waals surface area contributed by atoms with E-state index >= 15 is 0 Å². The third-order valence-corrected chi connectivity index (χ3v) is 3.91. The molecule has 1 saturated heterocycles. The van der Waals surface area contributed by atoms with Gasteiger partial charge in [-0.2, -0.15) is 0 Å². The molecule has 1 aliphatic rings. The Kier molecular flexibility index (Phi) is 4.04. The third-order valence-electron chi connectivity index (χ3n) is 3.91. The first-order chi connectivity index (χ1) is 11.5. The lowest BCUT2D eigenvalue weighted by molar-refractivity contribution is -0.126. The standard InChI is InChI=1S/C18H17N3O3/c1-11-5-3-7-13(9-11)16(22)19-14-8-4-6-12(10-14)15-17(23)21(2)18(24)20-15/h3-10,15H,1-2H3,(H,19,22)(H,20,24). The molecule has 0 aliphatic carbocycles. The fourth-order valence-electron chi connectivity index (χ4n) is 2.59. The highest BCUT2D eigenvalue weighted by atomic mass is 16.2. The third kappa shape index (κ3) is 2.99. The van der Waals surface area contributed by atoms with Gasteiger partial charge in [0.25, 0.3) is 11.8 Å². The molecule has 1 unspecified atom stereocenters. The van der Waals surface area contributed by atoms with Gasteiger partial charge in [-0.25, -0.2) is 4.79 Å². The van der Waals surface area contributed by atoms with Gasteiger partial charge in [0.1, 0.15) is 6.04 Å². The highest BCUT2D eigenvalue weighted by molar-refractivity contribution is 6.05. The van der Waals surface area contributed by atoms with Crippen LogP contribution in [0.15, 0.2) is 48.5 Å². The second-order valence-electron chi connectivity index (χ2n) is 5.73. The molecule has 0 saturated carbocycles. The van der Waals surface area contributed by atoms with E-state index in [4.69, 9.17) is 0 Å². The lowest BCUT2D eigenvalue weighted by Crippen LogP contribution is -2.25. The highest BCUT2D eigenvalue weighted by Gasteiger charge is 2.36. The van der Waals surface area contributed by atoms with E-state index in [1.807, 2.05) is 19.1 Å². The molecule has 2 N–H and O–H groups in total. The molecule has 0 radical (unpaired) electrons. The van der Waals surface area contributed by atoms with Crippen LogP contribution in [0.25, 0.3) is 0 Å². The maximum Gasteiger partial charge on any atom is 0.324 e. The van der Waals surface area contributed by atoms with Crippen molar-refractivity contribution in [1.29, 1.82) is 0 Å². The van der Waals surface area contributed by atoms with Crippen LogP contribution < -0.4 is 10.6 Å². The van der Waals surface area contributed by atoms with Gasteiger partial charge in [0.05, 0.1) is 0 Å². The minimum atomic E-state index is -0.724. The minimum absolute atomic E-state index is 0.227. The maximum atomic E-state index is 12.3. The molecule has 1 aliphatic heterocycles. The summed E-state index contributed by atoms with van der Waals surface area (Å²) in [5, 5.41) is 5.42. The number of carbonyl (C=O) groups excluding carboxylic acids is 3. The minimum Gasteiger partial charge on any atom is -0.322 e. The number of amides is 4. The molecule has 1 fully saturated rings. The number of imide groups is 1. The van der Waals surface area contributed by atoms with E-state index in [0.29, 0.717) is 16.8 Å². The zero-order valence-electron chi connectivity index (χ0n) is 13.4. The predicted octanol–water partition coefficient (Wildman–Crippen LogP) is 2.47. The van der Waals surface area contributed by atoms with E-state index < -0.39 is 12.1 Å². The first-order valence-electron chi connectivity index (χ1n) is 7.52. The van der Waals surface area contributed by atoms with Crippen LogP contribution in [0.4, 0.5) is 10.5 Å². The summed E-state index contributed by atoms with van der Waals surface area (Å²) in [6, 6.07) is 13.0. The number of urea groups is 1. The molecular formula is C18H17N3O3. The first-order valence-corrected chi connectivity index (χ1v) is 7.52. The number of carbonyl (C=O) groups is 3. The van der Waals surface area contributed by atoms with Crippen LogP contribution in [-0.4, -0.2) is 29.8 Å². The summed E-state index contributed by atoms with van der Waals surface area (Å²) in [6.45, 7) is 1.92. The van der Waals surface area contributed by atoms with Gasteiger partial charge < -0.3 is 10.6 Å². The Bertz CT molecular complexity index is 832. The largest absolute Gasteiger partial charge is 0.324 e. The van der Waals surface area contributed by atoms with Gasteiger partial charge >= 0.3 is 6.03 Å². The molecular weight excluding hydrogens is 306 g/mol. The van der Waals surface area contributed by atoms with Crippen LogP contribution >= 0.6 is 0 Å². The predicted molar refractivity (Wildman–Crippen MR) is 89.6 cm³/mol. The van der Waals surface area contributed by atoms with E-state index in [9.17, 15) is 14.4 Å². The molecule has 0 aromatic heterocycles. The van der Waals surface area contributed by atoms with Crippen LogP contribution in [0.5, 0.6) is 0 Å². The summed E-state index contributed by atoms with van der Waals surface area (Å²) in [5.41, 5.74) is 2.75. The zero-order chi connectivity index (χ0) is 17.3. The van der Waals surface area contributed by atoms with E-state index in [2.05, 4.69) is 10.6 Å². The molecule has 1 heterocycles. The Morgan fingerprint density at radius 2 is 1.88 bits per heavy atom. The van der Waals surface area contributed by atoms with Crippen molar-refractivity contribution in [2.45, 2.75) is 13.0 Å². The average Bonchev–Trinajstić information content (AvgIpc) is 2.82. The number of hydrogen-bond acceptors (Lipinski definition) is 3. The smallest absolute Gasteiger partial charge is 0.322 e. The molecule has 1 atom stereocenters. The van der Waals surface area contributed by atoms with Crippen LogP contribution in [0.2, 0.25) is 0 Å². The number of nitrogens with one attached hydrogen (secondary N) is 2. The Morgan fingerprint density at radius 3 is 2.54 bits per heavy atom. The van der Waals surface area contributed by atoms with E-state index in [0.717, 1.165) is 10.5 Å². The zero-order valence-corrected chi connectivity index (χ0v) is 13.4. The number of anilines is 1. The van der Waals surface area contributed by atoms with Crippen LogP contribution in [0, 0.1) is 6.92 Å². The fraction of sp³-hybridized carbons (Fsp3) is 0.167. The average molecular weight is 323 g/mol. The Labute approximate surface area is 139 Å². The molecule has 6 heteroatoms. The molecule has 3 rings (SSSR count). The summed E-state index contributed by atoms with van der Waals surface area (Å²) >= 11 is 0. The van der Waals surface area contributed by atoms with Gasteiger partial charge in [-0.3, -0.25) is 14.5 Å². The summed E-state index contributed by atoms with van der Waals surface area (Å²) in [5.74, 6) is -0.545. The normalized spacial score (nSPS) is 16.9. The van der Waals surface area contributed by atoms with Gasteiger partial charge in [0.15, 0.2) is 0 Å². The summed E-state index contributed by atoms with van der Waals surface area (Å²) in [6.07, 6.45) is 0. The second kappa shape index (κ2) is 6.16. The van der Waals surface area contributed by atoms with Gasteiger partial charge in [-0.05, 0) is 36.8 Å². The van der Waals surface area contributed by atoms with Crippen molar-refractivity contribution in [3.63, 3.8) is 0 Å². The van der Waals surface area contributed by atoms with Gasteiger partial charge in [0.2, 0.25) is 0 Å². The van der Waals surface area contributed by atoms with Crippen molar-refractivity contribution in [1.82, 2.24) is 10.2 Å². The van der Waals surface area contributed by atoms with Crippen LogP contribution in [0.3, 0.4) is 0 Å². The van der Waals surface area contributed by atoms with E-state index in [1.165, 1.54) is 7.05 Å². The molecule has 0 spiro atoms. The Hall–Kier alpha value is -3.15. The van der Waals surface area contributed by atoms with Crippen molar-refractivity contribution >= 4 is 23.5 Å². The number of nitrogens with zero attached hydrogens (tertiary/aromatic N) is 1. The van der Waals surface area contributed by atoms with Crippen molar-refractivity contribution < 1.29 is 14.4 Å². The molecule has 4 amide bonds. The maximum absolute atomic E-state index is 12.3. The van der Waals surface area contributed by atoms with Crippen LogP contribution in [0.1, 0.15) is 27.5 Å². The van der Waals surface area contributed by atoms with Crippen molar-refractivity contribution in [2.24, 2.45) is 0 Å².